The van der Waals surface area contributed by atoms with Crippen LogP contribution in [0.3, 0.4) is 0 Å². The summed E-state index contributed by atoms with van der Waals surface area (Å²) in [6, 6.07) is 0. The highest BCUT2D eigenvalue weighted by molar-refractivity contribution is 7.15. The van der Waals surface area contributed by atoms with Gasteiger partial charge in [-0.05, 0) is 25.2 Å². The molecule has 0 aromatic carbocycles. The van der Waals surface area contributed by atoms with Crippen LogP contribution in [0.5, 0.6) is 0 Å². The van der Waals surface area contributed by atoms with Gasteiger partial charge in [0.2, 0.25) is 5.13 Å². The van der Waals surface area contributed by atoms with Crippen molar-refractivity contribution in [3.05, 3.63) is 5.01 Å². The summed E-state index contributed by atoms with van der Waals surface area (Å²) >= 11 is 1.57. The number of unbranched alkanes of at least 4 members (excludes halogenated alkanes) is 3. The first-order valence-corrected chi connectivity index (χ1v) is 7.70. The number of nitrogens with zero attached hydrogens (tertiary/aromatic N) is 2. The van der Waals surface area contributed by atoms with Gasteiger partial charge in [0, 0.05) is 5.92 Å². The molecule has 1 heterocycles. The number of aromatic nitrogens is 2. The lowest BCUT2D eigenvalue weighted by atomic mass is 9.98. The Balaban J connectivity index is 1.72. The van der Waals surface area contributed by atoms with Gasteiger partial charge in [-0.15, -0.1) is 10.2 Å². The van der Waals surface area contributed by atoms with Crippen LogP contribution >= 0.6 is 11.3 Å². The van der Waals surface area contributed by atoms with Crippen LogP contribution in [0.15, 0.2) is 0 Å². The molecule has 0 saturated heterocycles. The fraction of sp³-hybridized carbons (Fsp3) is 0.846. The molecule has 1 aromatic rings. The van der Waals surface area contributed by atoms with Gasteiger partial charge in [-0.25, -0.2) is 0 Å². The Kier molecular flexibility index (Phi) is 4.77. The van der Waals surface area contributed by atoms with E-state index in [1.807, 2.05) is 0 Å². The second-order valence-corrected chi connectivity index (χ2v) is 6.24. The summed E-state index contributed by atoms with van der Waals surface area (Å²) in [7, 11) is 0. The first-order valence-electron chi connectivity index (χ1n) is 6.88. The molecule has 2 atom stereocenters. The van der Waals surface area contributed by atoms with E-state index in [4.69, 9.17) is 5.73 Å². The fourth-order valence-corrected chi connectivity index (χ4v) is 3.59. The van der Waals surface area contributed by atoms with Crippen molar-refractivity contribution in [2.45, 2.75) is 64.2 Å². The molecule has 0 spiro atoms. The summed E-state index contributed by atoms with van der Waals surface area (Å²) in [5.41, 5.74) is 5.64. The van der Waals surface area contributed by atoms with Gasteiger partial charge in [-0.3, -0.25) is 0 Å². The molecule has 1 aromatic heterocycles. The van der Waals surface area contributed by atoms with Crippen LogP contribution in [0, 0.1) is 5.92 Å². The molecule has 17 heavy (non-hydrogen) atoms. The van der Waals surface area contributed by atoms with Crippen molar-refractivity contribution in [1.82, 2.24) is 10.2 Å². The molecule has 2 unspecified atom stereocenters. The summed E-state index contributed by atoms with van der Waals surface area (Å²) in [6.45, 7) is 2.27. The van der Waals surface area contributed by atoms with Crippen LogP contribution in [0.2, 0.25) is 0 Å². The molecule has 3 nitrogen and oxygen atoms in total. The highest BCUT2D eigenvalue weighted by Gasteiger charge is 2.27. The molecule has 4 heteroatoms. The number of rotatable bonds is 6. The number of nitrogen functional groups attached to an aromatic ring is 1. The molecular weight excluding hydrogens is 230 g/mol. The maximum atomic E-state index is 5.64. The molecule has 1 aliphatic rings. The third kappa shape index (κ3) is 3.66. The van der Waals surface area contributed by atoms with E-state index in [0.29, 0.717) is 11.0 Å². The van der Waals surface area contributed by atoms with E-state index in [9.17, 15) is 0 Å². The predicted octanol–water partition coefficient (Wildman–Crippen LogP) is 3.97. The van der Waals surface area contributed by atoms with Gasteiger partial charge in [-0.2, -0.15) is 0 Å². The minimum absolute atomic E-state index is 0.617. The second-order valence-electron chi connectivity index (χ2n) is 5.20. The van der Waals surface area contributed by atoms with E-state index in [0.717, 1.165) is 5.92 Å². The Labute approximate surface area is 108 Å². The lowest BCUT2D eigenvalue weighted by molar-refractivity contribution is 0.461. The zero-order valence-electron chi connectivity index (χ0n) is 10.7. The van der Waals surface area contributed by atoms with Crippen LogP contribution in [0.1, 0.15) is 69.2 Å². The number of nitrogens with two attached hydrogens (primary N) is 1. The van der Waals surface area contributed by atoms with E-state index < -0.39 is 0 Å². The zero-order chi connectivity index (χ0) is 12.1. The standard InChI is InChI=1S/C13H23N3S/c1-2-3-4-5-6-10-7-8-11(9-10)12-15-16-13(14)17-12/h10-11H,2-9H2,1H3,(H2,14,16). The van der Waals surface area contributed by atoms with Gasteiger partial charge in [0.1, 0.15) is 5.01 Å². The van der Waals surface area contributed by atoms with E-state index in [2.05, 4.69) is 17.1 Å². The van der Waals surface area contributed by atoms with E-state index in [-0.39, 0.29) is 0 Å². The lowest BCUT2D eigenvalue weighted by Gasteiger charge is -2.09. The van der Waals surface area contributed by atoms with Crippen LogP contribution in [0.4, 0.5) is 5.13 Å². The quantitative estimate of drug-likeness (QED) is 0.780. The maximum absolute atomic E-state index is 5.64. The Morgan fingerprint density at radius 1 is 1.24 bits per heavy atom. The van der Waals surface area contributed by atoms with Crippen molar-refractivity contribution in [1.29, 1.82) is 0 Å². The third-order valence-electron chi connectivity index (χ3n) is 3.81. The van der Waals surface area contributed by atoms with Crippen LogP contribution in [-0.4, -0.2) is 10.2 Å². The van der Waals surface area contributed by atoms with Gasteiger partial charge < -0.3 is 5.73 Å². The largest absolute Gasteiger partial charge is 0.374 e. The van der Waals surface area contributed by atoms with Crippen molar-refractivity contribution in [3.8, 4) is 0 Å². The van der Waals surface area contributed by atoms with Crippen molar-refractivity contribution in [2.24, 2.45) is 5.92 Å². The Morgan fingerprint density at radius 3 is 2.82 bits per heavy atom. The number of hydrogen-bond acceptors (Lipinski definition) is 4. The minimum Gasteiger partial charge on any atom is -0.374 e. The van der Waals surface area contributed by atoms with Crippen LogP contribution in [0.25, 0.3) is 0 Å². The Bertz CT molecular complexity index is 337. The highest BCUT2D eigenvalue weighted by Crippen LogP contribution is 2.41. The SMILES string of the molecule is CCCCCCC1CCC(c2nnc(N)s2)C1. The van der Waals surface area contributed by atoms with Crippen molar-refractivity contribution in [2.75, 3.05) is 5.73 Å². The smallest absolute Gasteiger partial charge is 0.203 e. The first-order chi connectivity index (χ1) is 8.29. The van der Waals surface area contributed by atoms with Gasteiger partial charge in [0.05, 0.1) is 0 Å². The molecule has 0 aliphatic heterocycles. The van der Waals surface area contributed by atoms with Gasteiger partial charge in [0.25, 0.3) is 0 Å². The zero-order valence-corrected chi connectivity index (χ0v) is 11.5. The van der Waals surface area contributed by atoms with Crippen molar-refractivity contribution in [3.63, 3.8) is 0 Å². The predicted molar refractivity (Wildman–Crippen MR) is 73.2 cm³/mol. The topological polar surface area (TPSA) is 51.8 Å². The van der Waals surface area contributed by atoms with E-state index >= 15 is 0 Å². The van der Waals surface area contributed by atoms with Gasteiger partial charge in [-0.1, -0.05) is 50.4 Å². The average molecular weight is 253 g/mol. The van der Waals surface area contributed by atoms with Crippen molar-refractivity contribution >= 4 is 16.5 Å². The van der Waals surface area contributed by atoms with Crippen LogP contribution in [-0.2, 0) is 0 Å². The van der Waals surface area contributed by atoms with E-state index in [1.54, 1.807) is 11.3 Å². The molecule has 1 saturated carbocycles. The molecule has 0 radical (unpaired) electrons. The van der Waals surface area contributed by atoms with Crippen LogP contribution < -0.4 is 5.73 Å². The summed E-state index contributed by atoms with van der Waals surface area (Å²) in [4.78, 5) is 0. The molecule has 2 rings (SSSR count). The minimum atomic E-state index is 0.617. The summed E-state index contributed by atoms with van der Waals surface area (Å²) < 4.78 is 0. The van der Waals surface area contributed by atoms with Crippen molar-refractivity contribution < 1.29 is 0 Å². The maximum Gasteiger partial charge on any atom is 0.203 e. The molecule has 1 fully saturated rings. The molecule has 2 N–H and O–H groups in total. The molecule has 0 amide bonds. The summed E-state index contributed by atoms with van der Waals surface area (Å²) in [5, 5.41) is 9.89. The normalized spacial score (nSPS) is 24.3. The van der Waals surface area contributed by atoms with E-state index in [1.165, 1.54) is 56.4 Å². The summed E-state index contributed by atoms with van der Waals surface area (Å²) in [6.07, 6.45) is 10.9. The van der Waals surface area contributed by atoms with Gasteiger partial charge >= 0.3 is 0 Å². The van der Waals surface area contributed by atoms with Gasteiger partial charge in [0.15, 0.2) is 0 Å². The molecular formula is C13H23N3S. The third-order valence-corrected chi connectivity index (χ3v) is 4.73. The Morgan fingerprint density at radius 2 is 2.12 bits per heavy atom. The Hall–Kier alpha value is -0.640. The second kappa shape index (κ2) is 6.34. The monoisotopic (exact) mass is 253 g/mol. The molecule has 1 aliphatic carbocycles. The average Bonchev–Trinajstić information content (AvgIpc) is 2.93. The number of hydrogen-bond donors (Lipinski definition) is 1. The molecule has 0 bridgehead atoms. The fourth-order valence-electron chi connectivity index (χ4n) is 2.83. The summed E-state index contributed by atoms with van der Waals surface area (Å²) in [5.74, 6) is 1.56. The lowest BCUT2D eigenvalue weighted by Crippen LogP contribution is -1.96. The number of anilines is 1. The highest BCUT2D eigenvalue weighted by atomic mass is 32.1. The molecule has 96 valence electrons. The first kappa shape index (κ1) is 12.8.